The number of rotatable bonds is 5. The summed E-state index contributed by atoms with van der Waals surface area (Å²) in [6, 6.07) is 5.90. The van der Waals surface area contributed by atoms with Gasteiger partial charge in [-0.3, -0.25) is 0 Å². The Kier molecular flexibility index (Phi) is 5.73. The third-order valence-corrected chi connectivity index (χ3v) is 5.11. The van der Waals surface area contributed by atoms with E-state index in [-0.39, 0.29) is 5.84 Å². The van der Waals surface area contributed by atoms with Crippen molar-refractivity contribution in [2.75, 3.05) is 12.3 Å². The summed E-state index contributed by atoms with van der Waals surface area (Å²) in [5.41, 5.74) is 8.78. The molecule has 1 aliphatic rings. The molecule has 1 aromatic rings. The van der Waals surface area contributed by atoms with Crippen LogP contribution in [0.5, 0.6) is 0 Å². The molecule has 0 spiro atoms. The van der Waals surface area contributed by atoms with Crippen LogP contribution >= 0.6 is 11.8 Å². The Morgan fingerprint density at radius 2 is 2.35 bits per heavy atom. The Morgan fingerprint density at radius 1 is 1.50 bits per heavy atom. The van der Waals surface area contributed by atoms with Gasteiger partial charge in [-0.25, -0.2) is 0 Å². The molecule has 1 fully saturated rings. The fourth-order valence-electron chi connectivity index (χ4n) is 2.45. The number of aryl methyl sites for hydroxylation is 1. The van der Waals surface area contributed by atoms with E-state index in [1.54, 1.807) is 0 Å². The van der Waals surface area contributed by atoms with Crippen molar-refractivity contribution in [1.29, 1.82) is 0 Å². The summed E-state index contributed by atoms with van der Waals surface area (Å²) >= 11 is 2.09. The fourth-order valence-corrected chi connectivity index (χ4v) is 3.72. The number of hydrogen-bond acceptors (Lipinski definition) is 4. The highest BCUT2D eigenvalue weighted by atomic mass is 32.2. The second-order valence-electron chi connectivity index (χ2n) is 5.25. The van der Waals surface area contributed by atoms with E-state index in [1.165, 1.54) is 30.6 Å². The normalized spacial score (nSPS) is 20.1. The third-order valence-electron chi connectivity index (χ3n) is 3.71. The van der Waals surface area contributed by atoms with Gasteiger partial charge >= 0.3 is 0 Å². The van der Waals surface area contributed by atoms with Crippen molar-refractivity contribution >= 4 is 17.6 Å². The summed E-state index contributed by atoms with van der Waals surface area (Å²) in [4.78, 5) is 0. The summed E-state index contributed by atoms with van der Waals surface area (Å²) in [6.07, 6.45) is 4.07. The van der Waals surface area contributed by atoms with E-state index < -0.39 is 0 Å². The highest BCUT2D eigenvalue weighted by Gasteiger charge is 2.13. The zero-order chi connectivity index (χ0) is 14.4. The molecule has 110 valence electrons. The molecule has 5 heteroatoms. The number of hydrogen-bond donors (Lipinski definition) is 3. The average molecular weight is 293 g/mol. The van der Waals surface area contributed by atoms with Crippen LogP contribution in [0.1, 0.15) is 36.0 Å². The van der Waals surface area contributed by atoms with Crippen molar-refractivity contribution in [3.63, 3.8) is 0 Å². The first-order chi connectivity index (χ1) is 9.70. The molecule has 2 rings (SSSR count). The Bertz CT molecular complexity index is 470. The lowest BCUT2D eigenvalue weighted by Crippen LogP contribution is -2.26. The summed E-state index contributed by atoms with van der Waals surface area (Å²) in [7, 11) is 0. The monoisotopic (exact) mass is 293 g/mol. The van der Waals surface area contributed by atoms with E-state index in [9.17, 15) is 0 Å². The molecule has 1 aliphatic heterocycles. The van der Waals surface area contributed by atoms with Gasteiger partial charge in [0, 0.05) is 23.9 Å². The maximum absolute atomic E-state index is 8.68. The quantitative estimate of drug-likeness (QED) is 0.337. The lowest BCUT2D eigenvalue weighted by molar-refractivity contribution is 0.318. The predicted molar refractivity (Wildman–Crippen MR) is 85.5 cm³/mol. The van der Waals surface area contributed by atoms with Gasteiger partial charge in [0.1, 0.15) is 0 Å². The molecule has 0 amide bonds. The van der Waals surface area contributed by atoms with Crippen molar-refractivity contribution in [2.45, 2.75) is 38.0 Å². The van der Waals surface area contributed by atoms with Gasteiger partial charge in [-0.1, -0.05) is 23.7 Å². The van der Waals surface area contributed by atoms with E-state index in [0.29, 0.717) is 0 Å². The Labute approximate surface area is 124 Å². The van der Waals surface area contributed by atoms with Gasteiger partial charge in [0.05, 0.1) is 0 Å². The van der Waals surface area contributed by atoms with Crippen LogP contribution in [0.25, 0.3) is 0 Å². The first-order valence-corrected chi connectivity index (χ1v) is 8.15. The van der Waals surface area contributed by atoms with Crippen molar-refractivity contribution < 1.29 is 5.21 Å². The molecule has 1 heterocycles. The number of amidine groups is 1. The molecule has 0 aliphatic carbocycles. The van der Waals surface area contributed by atoms with Gasteiger partial charge in [-0.15, -0.1) is 0 Å². The largest absolute Gasteiger partial charge is 0.409 e. The van der Waals surface area contributed by atoms with E-state index in [2.05, 4.69) is 29.2 Å². The average Bonchev–Trinajstić information content (AvgIpc) is 2.49. The topological polar surface area (TPSA) is 70.6 Å². The van der Waals surface area contributed by atoms with Crippen molar-refractivity contribution in [3.8, 4) is 0 Å². The molecule has 1 saturated heterocycles. The summed E-state index contributed by atoms with van der Waals surface area (Å²) in [6.45, 7) is 4.01. The summed E-state index contributed by atoms with van der Waals surface area (Å²) in [5.74, 6) is 1.46. The van der Waals surface area contributed by atoms with Gasteiger partial charge in [0.15, 0.2) is 5.84 Å². The van der Waals surface area contributed by atoms with Gasteiger partial charge in [-0.05, 0) is 42.7 Å². The van der Waals surface area contributed by atoms with Crippen molar-refractivity contribution in [2.24, 2.45) is 10.9 Å². The first-order valence-electron chi connectivity index (χ1n) is 7.10. The van der Waals surface area contributed by atoms with E-state index in [4.69, 9.17) is 10.9 Å². The Balaban J connectivity index is 1.86. The molecule has 1 unspecified atom stereocenters. The standard InChI is InChI=1S/C15H23N3OS/c1-11-8-12(15(16)18-19)5-6-13(11)9-17-10-14-4-2-3-7-20-14/h5-6,8,14,17,19H,2-4,7,9-10H2,1H3,(H2,16,18). The second-order valence-corrected chi connectivity index (χ2v) is 6.65. The molecule has 4 N–H and O–H groups in total. The van der Waals surface area contributed by atoms with E-state index in [0.717, 1.165) is 29.5 Å². The number of nitrogens with zero attached hydrogens (tertiary/aromatic N) is 1. The molecule has 0 radical (unpaired) electrons. The SMILES string of the molecule is Cc1cc(/C(N)=N/O)ccc1CNCC1CCCCS1. The summed E-state index contributed by atoms with van der Waals surface area (Å²) in [5, 5.41) is 16.0. The zero-order valence-electron chi connectivity index (χ0n) is 11.9. The highest BCUT2D eigenvalue weighted by molar-refractivity contribution is 7.99. The molecular weight excluding hydrogens is 270 g/mol. The molecule has 0 bridgehead atoms. The highest BCUT2D eigenvalue weighted by Crippen LogP contribution is 2.24. The van der Waals surface area contributed by atoms with Crippen LogP contribution in [-0.4, -0.2) is 28.6 Å². The number of benzene rings is 1. The van der Waals surface area contributed by atoms with Crippen LogP contribution in [0.4, 0.5) is 0 Å². The number of thioether (sulfide) groups is 1. The molecular formula is C15H23N3OS. The lowest BCUT2D eigenvalue weighted by atomic mass is 10.0. The van der Waals surface area contributed by atoms with Crippen LogP contribution in [0.15, 0.2) is 23.4 Å². The summed E-state index contributed by atoms with van der Waals surface area (Å²) < 4.78 is 0. The Morgan fingerprint density at radius 3 is 3.00 bits per heavy atom. The molecule has 0 aromatic heterocycles. The number of nitrogens with one attached hydrogen (secondary N) is 1. The Hall–Kier alpha value is -1.20. The van der Waals surface area contributed by atoms with E-state index >= 15 is 0 Å². The molecule has 0 saturated carbocycles. The van der Waals surface area contributed by atoms with Crippen LogP contribution in [0.3, 0.4) is 0 Å². The fraction of sp³-hybridized carbons (Fsp3) is 0.533. The van der Waals surface area contributed by atoms with Crippen molar-refractivity contribution in [3.05, 3.63) is 34.9 Å². The maximum Gasteiger partial charge on any atom is 0.170 e. The molecule has 20 heavy (non-hydrogen) atoms. The minimum Gasteiger partial charge on any atom is -0.409 e. The predicted octanol–water partition coefficient (Wildman–Crippen LogP) is 2.46. The van der Waals surface area contributed by atoms with Gasteiger partial charge < -0.3 is 16.3 Å². The van der Waals surface area contributed by atoms with Gasteiger partial charge in [0.25, 0.3) is 0 Å². The smallest absolute Gasteiger partial charge is 0.170 e. The minimum atomic E-state index is 0.159. The number of oxime groups is 1. The first kappa shape index (κ1) is 15.2. The van der Waals surface area contributed by atoms with Gasteiger partial charge in [-0.2, -0.15) is 11.8 Å². The van der Waals surface area contributed by atoms with Gasteiger partial charge in [0.2, 0.25) is 0 Å². The molecule has 4 nitrogen and oxygen atoms in total. The minimum absolute atomic E-state index is 0.159. The molecule has 1 atom stereocenters. The molecule has 1 aromatic carbocycles. The van der Waals surface area contributed by atoms with E-state index in [1.807, 2.05) is 18.2 Å². The van der Waals surface area contributed by atoms with Crippen molar-refractivity contribution in [1.82, 2.24) is 5.32 Å². The van der Waals surface area contributed by atoms with Crippen LogP contribution < -0.4 is 11.1 Å². The maximum atomic E-state index is 8.68. The lowest BCUT2D eigenvalue weighted by Gasteiger charge is -2.21. The van der Waals surface area contributed by atoms with Crippen LogP contribution in [0.2, 0.25) is 0 Å². The zero-order valence-corrected chi connectivity index (χ0v) is 12.7. The number of nitrogens with two attached hydrogens (primary N) is 1. The van der Waals surface area contributed by atoms with Crippen LogP contribution in [0, 0.1) is 6.92 Å². The third kappa shape index (κ3) is 4.15. The van der Waals surface area contributed by atoms with Crippen LogP contribution in [-0.2, 0) is 6.54 Å². The second kappa shape index (κ2) is 7.55.